The number of anilines is 7. The molecular formula is C84H86N10O17S5. The van der Waals surface area contributed by atoms with Crippen LogP contribution in [0.4, 0.5) is 40.6 Å². The number of hydrogen-bond acceptors (Lipinski definition) is 29. The summed E-state index contributed by atoms with van der Waals surface area (Å²) in [6.07, 6.45) is 5.99. The van der Waals surface area contributed by atoms with E-state index in [9.17, 15) is 54.3 Å². The lowest BCUT2D eigenvalue weighted by Gasteiger charge is -2.50. The maximum atomic E-state index is 12.6. The second-order valence-electron chi connectivity index (χ2n) is 27.3. The predicted molar refractivity (Wildman–Crippen MR) is 447 cm³/mol. The fraction of sp³-hybridized carbons (Fsp3) is 0.262. The van der Waals surface area contributed by atoms with Gasteiger partial charge in [-0.25, -0.2) is 29.9 Å². The molecule has 3 saturated heterocycles. The van der Waals surface area contributed by atoms with E-state index in [0.717, 1.165) is 89.8 Å². The Labute approximate surface area is 688 Å². The lowest BCUT2D eigenvalue weighted by atomic mass is 9.91. The molecule has 0 spiro atoms. The molecule has 2 bridgehead atoms. The summed E-state index contributed by atoms with van der Waals surface area (Å²) < 4.78 is 22.4. The molecule has 3 aliphatic rings. The van der Waals surface area contributed by atoms with Crippen molar-refractivity contribution < 1.29 is 83.5 Å². The molecule has 0 atom stereocenters. The monoisotopic (exact) mass is 1670 g/mol. The van der Waals surface area contributed by atoms with Gasteiger partial charge in [-0.1, -0.05) is 68.4 Å². The number of thiophene rings is 5. The average molecular weight is 1670 g/mol. The summed E-state index contributed by atoms with van der Waals surface area (Å²) in [7, 11) is 1.79. The molecule has 0 saturated carbocycles. The van der Waals surface area contributed by atoms with E-state index < -0.39 is 29.3 Å². The minimum Gasteiger partial charge on any atom is -0.481 e. The van der Waals surface area contributed by atoms with Crippen LogP contribution in [-0.2, 0) is 90.1 Å². The van der Waals surface area contributed by atoms with Gasteiger partial charge in [0.15, 0.2) is 11.6 Å². The second-order valence-corrected chi connectivity index (χ2v) is 33.1. The van der Waals surface area contributed by atoms with E-state index in [4.69, 9.17) is 29.2 Å². The minimum absolute atomic E-state index is 0.00204. The smallest absolute Gasteiger partial charge is 0.311 e. The Kier molecular flexibility index (Phi) is 31.6. The molecule has 3 aliphatic heterocycles. The Morgan fingerprint density at radius 2 is 0.853 bits per heavy atom. The van der Waals surface area contributed by atoms with Crippen LogP contribution >= 0.6 is 56.7 Å². The third kappa shape index (κ3) is 26.2. The standard InChI is InChI=1S/C24H22N4O2S.C22H25N3O5S.C17H15N3O3S.C13H16O4S.C8H8O3S/c1-28(19-8-3-2-4-9-19)23(30)15-20-10-11-22(31-20)21-12-13-25-24(27-21)26-18-7-5-6-17(14-18)16-29;1-22(12-27,13-28)14-30-20(29)10-17-5-6-19(31-17)18-7-8-23-21(25-18)24-16-4-2-3-15(9-16)11-26;21-10-11-2-1-3-12(8-11)19-17-18-7-6-14(20-17)15-5-4-13(24-15)9-16(22)23;1-9(14)11-4-3-10(18-11)5-13-15-6-12(2,7-16-13)8-17-13;1-5(9)7-3-2-6(12-7)4-8(10)11/h2-14,29H,15-16H2,1H3,(H,25,26,27);2-9,26-28H,10-14H2,1H3,(H,23,24,25);1-8,21H,9-10H2,(H,22,23)(H,18,19,20);3-4H,5-8H2,1-2H3;2-3H,4H2,1H3,(H,10,11). The summed E-state index contributed by atoms with van der Waals surface area (Å²) in [5.74, 6) is -1.63. The minimum atomic E-state index is -0.934. The van der Waals surface area contributed by atoms with Crippen LogP contribution in [0.25, 0.3) is 31.7 Å². The summed E-state index contributed by atoms with van der Waals surface area (Å²) >= 11 is 7.10. The van der Waals surface area contributed by atoms with Crippen LogP contribution in [0.1, 0.15) is 88.1 Å². The summed E-state index contributed by atoms with van der Waals surface area (Å²) in [6, 6.07) is 55.7. The summed E-state index contributed by atoms with van der Waals surface area (Å²) in [6.45, 7) is 8.09. The number of aromatic nitrogens is 6. The van der Waals surface area contributed by atoms with Gasteiger partial charge in [0.05, 0.1) is 126 Å². The molecule has 604 valence electrons. The van der Waals surface area contributed by atoms with Crippen LogP contribution in [0.5, 0.6) is 0 Å². The molecule has 3 fully saturated rings. The lowest BCUT2D eigenvalue weighted by molar-refractivity contribution is -0.464. The van der Waals surface area contributed by atoms with E-state index >= 15 is 0 Å². The molecule has 116 heavy (non-hydrogen) atoms. The Hall–Kier alpha value is -11.1. The number of likely N-dealkylation sites (N-methyl/N-ethyl adjacent to an activating group) is 1. The number of carbonyl (C=O) groups excluding carboxylic acids is 4. The van der Waals surface area contributed by atoms with Gasteiger partial charge in [0.2, 0.25) is 23.8 Å². The number of aliphatic hydroxyl groups is 5. The molecule has 8 aromatic heterocycles. The van der Waals surface area contributed by atoms with E-state index in [0.29, 0.717) is 66.0 Å². The molecule has 12 aromatic rings. The first-order chi connectivity index (χ1) is 55.8. The van der Waals surface area contributed by atoms with Gasteiger partial charge in [0, 0.05) is 83.6 Å². The topological polar surface area (TPSA) is 398 Å². The molecule has 27 nitrogen and oxygen atoms in total. The quantitative estimate of drug-likeness (QED) is 0.0154. The maximum Gasteiger partial charge on any atom is 0.311 e. The molecule has 4 aromatic carbocycles. The Balaban J connectivity index is 0.000000158. The average Bonchev–Trinajstić information content (AvgIpc) is 0.890. The van der Waals surface area contributed by atoms with Gasteiger partial charge in [-0.05, 0) is 158 Å². The highest BCUT2D eigenvalue weighted by Crippen LogP contribution is 2.41. The largest absolute Gasteiger partial charge is 0.481 e. The number of para-hydroxylation sites is 1. The van der Waals surface area contributed by atoms with Crippen molar-refractivity contribution in [3.63, 3.8) is 0 Å². The Bertz CT molecular complexity index is 5270. The number of ether oxygens (including phenoxy) is 4. The number of aliphatic hydroxyl groups excluding tert-OH is 5. The molecule has 0 radical (unpaired) electrons. The third-order valence-electron chi connectivity index (χ3n) is 17.3. The van der Waals surface area contributed by atoms with Crippen molar-refractivity contribution in [1.82, 2.24) is 29.9 Å². The van der Waals surface area contributed by atoms with E-state index in [1.54, 1.807) is 86.1 Å². The first-order valence-corrected chi connectivity index (χ1v) is 40.3. The van der Waals surface area contributed by atoms with Gasteiger partial charge in [0.1, 0.15) is 6.61 Å². The van der Waals surface area contributed by atoms with Crippen LogP contribution in [0.2, 0.25) is 0 Å². The van der Waals surface area contributed by atoms with Gasteiger partial charge in [-0.2, -0.15) is 0 Å². The van der Waals surface area contributed by atoms with Gasteiger partial charge < -0.3 is 75.5 Å². The maximum absolute atomic E-state index is 12.6. The summed E-state index contributed by atoms with van der Waals surface area (Å²) in [5.41, 5.74) is 7.02. The number of carboxylic acid groups (broad SMARTS) is 2. The second kappa shape index (κ2) is 42.0. The normalized spacial score (nSPS) is 14.5. The van der Waals surface area contributed by atoms with Crippen molar-refractivity contribution in [3.05, 3.63) is 251 Å². The van der Waals surface area contributed by atoms with Crippen LogP contribution in [0.15, 0.2) is 201 Å². The number of rotatable bonds is 29. The number of esters is 1. The molecule has 32 heteroatoms. The summed E-state index contributed by atoms with van der Waals surface area (Å²) in [4.78, 5) is 104. The van der Waals surface area contributed by atoms with Gasteiger partial charge in [0.25, 0.3) is 5.97 Å². The van der Waals surface area contributed by atoms with Crippen LogP contribution < -0.4 is 20.9 Å². The molecule has 11 heterocycles. The SMILES string of the molecule is CC(=O)c1ccc(CC(=O)O)s1.CC(=O)c1ccc(CC23OCC(C)(CO2)CO3)s1.CC(CO)(CO)COC(=O)Cc1ccc(-c2ccnc(Nc3cccc(CO)c3)n2)s1.CN(C(=O)Cc1ccc(-c2ccnc(Nc3cccc(CO)c3)n2)s1)c1ccccc1.O=C(O)Cc1ccc(-c2ccnc(Nc3cccc(CO)c3)n2)s1. The fourth-order valence-electron chi connectivity index (χ4n) is 10.9. The zero-order chi connectivity index (χ0) is 82.8. The molecule has 0 aliphatic carbocycles. The number of ketones is 2. The fourth-order valence-corrected chi connectivity index (χ4v) is 15.6. The number of carboxylic acids is 2. The number of carbonyl (C=O) groups is 6. The van der Waals surface area contributed by atoms with Crippen LogP contribution in [0, 0.1) is 10.8 Å². The molecule has 1 amide bonds. The zero-order valence-electron chi connectivity index (χ0n) is 63.8. The first-order valence-electron chi connectivity index (χ1n) is 36.2. The highest BCUT2D eigenvalue weighted by molar-refractivity contribution is 7.16. The Morgan fingerprint density at radius 3 is 1.24 bits per heavy atom. The number of fused-ring (bicyclic) bond motifs is 3. The van der Waals surface area contributed by atoms with E-state index in [2.05, 4.69) is 52.8 Å². The summed E-state index contributed by atoms with van der Waals surface area (Å²) in [5, 5.41) is 73.0. The number of amides is 1. The lowest BCUT2D eigenvalue weighted by Crippen LogP contribution is -2.59. The van der Waals surface area contributed by atoms with Crippen molar-refractivity contribution in [2.24, 2.45) is 10.8 Å². The van der Waals surface area contributed by atoms with Crippen molar-refractivity contribution in [3.8, 4) is 31.7 Å². The van der Waals surface area contributed by atoms with Crippen LogP contribution in [-0.4, -0.2) is 154 Å². The number of benzene rings is 4. The van der Waals surface area contributed by atoms with Crippen molar-refractivity contribution in [2.45, 2.75) is 85.6 Å². The van der Waals surface area contributed by atoms with Crippen LogP contribution in [0.3, 0.4) is 0 Å². The van der Waals surface area contributed by atoms with E-state index in [1.807, 2.05) is 152 Å². The van der Waals surface area contributed by atoms with Gasteiger partial charge in [-0.3, -0.25) is 28.8 Å². The molecule has 10 N–H and O–H groups in total. The number of nitrogens with one attached hydrogen (secondary N) is 3. The number of hydrogen-bond donors (Lipinski definition) is 10. The van der Waals surface area contributed by atoms with Crippen molar-refractivity contribution >= 4 is 133 Å². The van der Waals surface area contributed by atoms with Crippen molar-refractivity contribution in [1.29, 1.82) is 0 Å². The first kappa shape index (κ1) is 87.3. The Morgan fingerprint density at radius 1 is 0.474 bits per heavy atom. The highest BCUT2D eigenvalue weighted by atomic mass is 32.1. The predicted octanol–water partition coefficient (Wildman–Crippen LogP) is 14.0. The third-order valence-corrected chi connectivity index (χ3v) is 23.0. The zero-order valence-corrected chi connectivity index (χ0v) is 67.9. The van der Waals surface area contributed by atoms with E-state index in [1.165, 1.54) is 52.3 Å². The van der Waals surface area contributed by atoms with E-state index in [-0.39, 0.29) is 81.8 Å². The highest BCUT2D eigenvalue weighted by Gasteiger charge is 2.50. The number of Topliss-reactive ketones (excluding diaryl/α,β-unsaturated/α-hetero) is 2. The molecule has 15 rings (SSSR count). The van der Waals surface area contributed by atoms with Gasteiger partial charge in [-0.15, -0.1) is 56.7 Å². The molecular weight excluding hydrogens is 1580 g/mol. The molecule has 0 unspecified atom stereocenters. The van der Waals surface area contributed by atoms with Crippen molar-refractivity contribution in [2.75, 3.05) is 67.5 Å². The van der Waals surface area contributed by atoms with Gasteiger partial charge >= 0.3 is 17.9 Å². The number of aliphatic carboxylic acids is 2. The number of nitrogens with zero attached hydrogens (tertiary/aromatic N) is 7.